The number of carbonyl (C=O) groups is 1. The molecule has 2 unspecified atom stereocenters. The lowest BCUT2D eigenvalue weighted by Crippen LogP contribution is -2.56. The highest BCUT2D eigenvalue weighted by Crippen LogP contribution is 2.49. The van der Waals surface area contributed by atoms with Crippen molar-refractivity contribution in [2.45, 2.75) is 82.8 Å². The molecule has 2 saturated carbocycles. The van der Waals surface area contributed by atoms with E-state index in [1.54, 1.807) is 6.07 Å². The number of benzene rings is 1. The lowest BCUT2D eigenvalue weighted by atomic mass is 9.72. The molecule has 2 aliphatic carbocycles. The van der Waals surface area contributed by atoms with Crippen molar-refractivity contribution < 1.29 is 13.7 Å². The van der Waals surface area contributed by atoms with Crippen LogP contribution in [0.4, 0.5) is 15.8 Å². The first-order valence-corrected chi connectivity index (χ1v) is 12.2. The van der Waals surface area contributed by atoms with E-state index in [0.29, 0.717) is 11.4 Å². The van der Waals surface area contributed by atoms with Gasteiger partial charge in [0.25, 0.3) is 0 Å². The molecule has 1 aromatic carbocycles. The number of anilines is 2. The van der Waals surface area contributed by atoms with E-state index >= 15 is 0 Å². The van der Waals surface area contributed by atoms with Gasteiger partial charge in [0.2, 0.25) is 5.91 Å². The first kappa shape index (κ1) is 21.3. The molecule has 1 aromatic heterocycles. The molecule has 1 amide bonds. The Labute approximate surface area is 188 Å². The van der Waals surface area contributed by atoms with Gasteiger partial charge in [-0.2, -0.15) is 0 Å². The Bertz CT molecular complexity index is 965. The lowest BCUT2D eigenvalue weighted by molar-refractivity contribution is -0.130. The van der Waals surface area contributed by atoms with Gasteiger partial charge in [0.05, 0.1) is 23.0 Å². The molecule has 0 bridgehead atoms. The maximum absolute atomic E-state index is 14.1. The molecule has 5 rings (SSSR count). The largest absolute Gasteiger partial charge is 0.357 e. The summed E-state index contributed by atoms with van der Waals surface area (Å²) in [6.45, 7) is 1.88. The van der Waals surface area contributed by atoms with Crippen LogP contribution >= 0.6 is 0 Å². The summed E-state index contributed by atoms with van der Waals surface area (Å²) in [5, 5.41) is 14.5. The zero-order valence-corrected chi connectivity index (χ0v) is 18.8. The molecule has 3 aliphatic rings. The molecule has 6 nitrogen and oxygen atoms in total. The number of amides is 1. The van der Waals surface area contributed by atoms with Crippen LogP contribution in [0.15, 0.2) is 28.8 Å². The Morgan fingerprint density at radius 1 is 1.06 bits per heavy atom. The molecule has 7 heteroatoms. The van der Waals surface area contributed by atoms with Crippen LogP contribution in [-0.2, 0) is 10.5 Å². The highest BCUT2D eigenvalue weighted by Gasteiger charge is 2.54. The second-order valence-corrected chi connectivity index (χ2v) is 9.80. The third kappa shape index (κ3) is 3.97. The highest BCUT2D eigenvalue weighted by molar-refractivity contribution is 5.86. The number of nitrogens with zero attached hydrogens (tertiary/aromatic N) is 1. The number of aryl methyl sites for hydroxylation is 1. The van der Waals surface area contributed by atoms with Gasteiger partial charge >= 0.3 is 0 Å². The normalized spacial score (nSPS) is 24.9. The third-order valence-electron chi connectivity index (χ3n) is 7.48. The minimum Gasteiger partial charge on any atom is -0.357 e. The number of fused-ring (bicyclic) bond motifs is 1. The van der Waals surface area contributed by atoms with Gasteiger partial charge < -0.3 is 20.5 Å². The summed E-state index contributed by atoms with van der Waals surface area (Å²) in [5.41, 5.74) is 1.16. The van der Waals surface area contributed by atoms with Crippen LogP contribution in [0, 0.1) is 24.6 Å². The Hall–Kier alpha value is -2.57. The highest BCUT2D eigenvalue weighted by atomic mass is 19.1. The van der Waals surface area contributed by atoms with E-state index in [-0.39, 0.29) is 23.7 Å². The number of carbonyl (C=O) groups excluding carboxylic acids is 1. The van der Waals surface area contributed by atoms with Crippen LogP contribution in [0.1, 0.15) is 75.7 Å². The van der Waals surface area contributed by atoms with Crippen LogP contribution in [0.5, 0.6) is 0 Å². The van der Waals surface area contributed by atoms with Crippen molar-refractivity contribution in [3.8, 4) is 0 Å². The van der Waals surface area contributed by atoms with Crippen molar-refractivity contribution in [3.63, 3.8) is 0 Å². The van der Waals surface area contributed by atoms with Gasteiger partial charge in [-0.1, -0.05) is 43.7 Å². The summed E-state index contributed by atoms with van der Waals surface area (Å²) < 4.78 is 19.8. The van der Waals surface area contributed by atoms with Crippen molar-refractivity contribution in [1.82, 2.24) is 10.5 Å². The summed E-state index contributed by atoms with van der Waals surface area (Å²) in [7, 11) is 0. The first-order valence-electron chi connectivity index (χ1n) is 12.2. The molecule has 172 valence electrons. The number of hydrogen-bond donors (Lipinski definition) is 3. The standard InChI is InChI=1S/C25H33FN4O2/c1-16-14-22(32-30-16)25(28-20-13-12-18(26)15-21(20)29-25)23(17-8-4-2-5-9-17)24(31)27-19-10-6-3-7-11-19/h12-15,17,19,23,28-29H,2-11H2,1H3,(H,27,31). The van der Waals surface area contributed by atoms with Crippen molar-refractivity contribution in [1.29, 1.82) is 0 Å². The number of rotatable bonds is 5. The van der Waals surface area contributed by atoms with E-state index in [1.165, 1.54) is 25.0 Å². The molecule has 0 saturated heterocycles. The fourth-order valence-electron chi connectivity index (χ4n) is 5.94. The minimum atomic E-state index is -1.00. The Kier molecular flexibility index (Phi) is 5.82. The molecule has 2 heterocycles. The van der Waals surface area contributed by atoms with Gasteiger partial charge in [0.15, 0.2) is 11.4 Å². The second kappa shape index (κ2) is 8.75. The summed E-state index contributed by atoms with van der Waals surface area (Å²) in [5.74, 6) is 0.0834. The average molecular weight is 441 g/mol. The number of nitrogens with one attached hydrogen (secondary N) is 3. The average Bonchev–Trinajstić information content (AvgIpc) is 3.39. The molecule has 0 spiro atoms. The second-order valence-electron chi connectivity index (χ2n) is 9.80. The maximum atomic E-state index is 14.1. The fraction of sp³-hybridized carbons (Fsp3) is 0.600. The van der Waals surface area contributed by atoms with Gasteiger partial charge in [-0.05, 0) is 56.7 Å². The molecular formula is C25H33FN4O2. The topological polar surface area (TPSA) is 79.2 Å². The van der Waals surface area contributed by atoms with Crippen LogP contribution in [0.2, 0.25) is 0 Å². The van der Waals surface area contributed by atoms with E-state index < -0.39 is 11.6 Å². The van der Waals surface area contributed by atoms with Crippen LogP contribution in [0.3, 0.4) is 0 Å². The van der Waals surface area contributed by atoms with E-state index in [4.69, 9.17) is 4.52 Å². The zero-order chi connectivity index (χ0) is 22.1. The number of hydrogen-bond acceptors (Lipinski definition) is 5. The molecule has 32 heavy (non-hydrogen) atoms. The summed E-state index contributed by atoms with van der Waals surface area (Å²) in [4.78, 5) is 14.0. The molecule has 2 fully saturated rings. The van der Waals surface area contributed by atoms with Crippen LogP contribution in [-0.4, -0.2) is 17.1 Å². The number of halogens is 1. The van der Waals surface area contributed by atoms with Crippen molar-refractivity contribution in [3.05, 3.63) is 41.5 Å². The zero-order valence-electron chi connectivity index (χ0n) is 18.8. The van der Waals surface area contributed by atoms with E-state index in [2.05, 4.69) is 21.1 Å². The fourth-order valence-corrected chi connectivity index (χ4v) is 5.94. The molecule has 0 radical (unpaired) electrons. The van der Waals surface area contributed by atoms with Crippen LogP contribution in [0.25, 0.3) is 0 Å². The lowest BCUT2D eigenvalue weighted by Gasteiger charge is -2.42. The monoisotopic (exact) mass is 440 g/mol. The predicted octanol–water partition coefficient (Wildman–Crippen LogP) is 5.46. The van der Waals surface area contributed by atoms with E-state index in [0.717, 1.165) is 62.7 Å². The Morgan fingerprint density at radius 2 is 1.75 bits per heavy atom. The Morgan fingerprint density at radius 3 is 2.44 bits per heavy atom. The number of aromatic nitrogens is 1. The van der Waals surface area contributed by atoms with Gasteiger partial charge in [-0.25, -0.2) is 4.39 Å². The maximum Gasteiger partial charge on any atom is 0.228 e. The first-order chi connectivity index (χ1) is 15.5. The quantitative estimate of drug-likeness (QED) is 0.576. The molecule has 2 atom stereocenters. The van der Waals surface area contributed by atoms with Crippen molar-refractivity contribution in [2.75, 3.05) is 10.6 Å². The van der Waals surface area contributed by atoms with Crippen molar-refractivity contribution >= 4 is 17.3 Å². The summed E-state index contributed by atoms with van der Waals surface area (Å²) >= 11 is 0. The predicted molar refractivity (Wildman–Crippen MR) is 122 cm³/mol. The van der Waals surface area contributed by atoms with Gasteiger partial charge in [0.1, 0.15) is 5.82 Å². The van der Waals surface area contributed by atoms with E-state index in [1.807, 2.05) is 13.0 Å². The molecule has 2 aromatic rings. The minimum absolute atomic E-state index is 0.0473. The Balaban J connectivity index is 1.55. The van der Waals surface area contributed by atoms with Crippen molar-refractivity contribution in [2.24, 2.45) is 11.8 Å². The SMILES string of the molecule is Cc1cc(C2(C(C(=O)NC3CCCCC3)C3CCCCC3)Nc3ccc(F)cc3N2)on1. The molecular weight excluding hydrogens is 407 g/mol. The van der Waals surface area contributed by atoms with Crippen LogP contribution < -0.4 is 16.0 Å². The van der Waals surface area contributed by atoms with E-state index in [9.17, 15) is 9.18 Å². The molecule has 1 aliphatic heterocycles. The van der Waals surface area contributed by atoms with Gasteiger partial charge in [-0.15, -0.1) is 0 Å². The summed E-state index contributed by atoms with van der Waals surface area (Å²) in [6, 6.07) is 6.74. The van der Waals surface area contributed by atoms with Gasteiger partial charge in [-0.3, -0.25) is 4.79 Å². The van der Waals surface area contributed by atoms with Gasteiger partial charge in [0, 0.05) is 12.1 Å². The smallest absolute Gasteiger partial charge is 0.228 e. The molecule has 3 N–H and O–H groups in total. The third-order valence-corrected chi connectivity index (χ3v) is 7.48. The summed E-state index contributed by atoms with van der Waals surface area (Å²) in [6.07, 6.45) is 11.0.